The van der Waals surface area contributed by atoms with Crippen LogP contribution in [0, 0.1) is 12.7 Å². The molecule has 5 aromatic rings. The summed E-state index contributed by atoms with van der Waals surface area (Å²) in [5, 5.41) is 6.44. The Bertz CT molecular complexity index is 1470. The number of amides is 1. The number of thiazole rings is 1. The van der Waals surface area contributed by atoms with Gasteiger partial charge in [0, 0.05) is 35.6 Å². The molecule has 2 heterocycles. The van der Waals surface area contributed by atoms with Gasteiger partial charge in [-0.1, -0.05) is 60.2 Å². The van der Waals surface area contributed by atoms with Crippen molar-refractivity contribution >= 4 is 33.8 Å². The maximum atomic E-state index is 13.9. The number of aryl methyl sites for hydroxylation is 1. The summed E-state index contributed by atoms with van der Waals surface area (Å²) in [5.41, 5.74) is 5.33. The van der Waals surface area contributed by atoms with E-state index in [0.29, 0.717) is 12.2 Å². The van der Waals surface area contributed by atoms with Gasteiger partial charge in [0.1, 0.15) is 16.5 Å². The third-order valence-corrected chi connectivity index (χ3v) is 7.00. The Morgan fingerprint density at radius 1 is 1.03 bits per heavy atom. The van der Waals surface area contributed by atoms with Crippen molar-refractivity contribution in [2.75, 3.05) is 11.9 Å². The standard InChI is InChI=1S/C29H27FN4OS/c1-20-10-12-21(13-11-20)17-34(15-14-22-16-31-25-8-4-2-6-23(22)25)18-28-32-27(19-36-28)29(35)33-26-9-5-3-7-24(26)30/h2-13,16,19,31H,14-15,17-18H2,1H3,(H,33,35). The lowest BCUT2D eigenvalue weighted by atomic mass is 10.1. The number of benzene rings is 3. The van der Waals surface area contributed by atoms with Crippen LogP contribution in [0.4, 0.5) is 10.1 Å². The summed E-state index contributed by atoms with van der Waals surface area (Å²) in [6, 6.07) is 23.0. The molecule has 0 aliphatic rings. The number of hydrogen-bond acceptors (Lipinski definition) is 4. The highest BCUT2D eigenvalue weighted by Crippen LogP contribution is 2.21. The maximum Gasteiger partial charge on any atom is 0.275 e. The molecule has 0 unspecified atom stereocenters. The average molecular weight is 499 g/mol. The first-order valence-corrected chi connectivity index (χ1v) is 12.8. The molecule has 0 saturated heterocycles. The predicted octanol–water partition coefficient (Wildman–Crippen LogP) is 6.57. The molecule has 182 valence electrons. The van der Waals surface area contributed by atoms with E-state index < -0.39 is 11.7 Å². The van der Waals surface area contributed by atoms with E-state index in [1.165, 1.54) is 45.5 Å². The van der Waals surface area contributed by atoms with Crippen LogP contribution in [0.15, 0.2) is 84.4 Å². The number of fused-ring (bicyclic) bond motifs is 1. The minimum absolute atomic E-state index is 0.150. The van der Waals surface area contributed by atoms with E-state index in [2.05, 4.69) is 75.8 Å². The van der Waals surface area contributed by atoms with Crippen LogP contribution in [0.5, 0.6) is 0 Å². The van der Waals surface area contributed by atoms with Crippen LogP contribution in [0.2, 0.25) is 0 Å². The molecular formula is C29H27FN4OS. The number of carbonyl (C=O) groups excluding carboxylic acids is 1. The average Bonchev–Trinajstić information content (AvgIpc) is 3.52. The van der Waals surface area contributed by atoms with Crippen molar-refractivity contribution in [3.63, 3.8) is 0 Å². The molecule has 0 bridgehead atoms. The fourth-order valence-electron chi connectivity index (χ4n) is 4.21. The number of H-pyrrole nitrogens is 1. The van der Waals surface area contributed by atoms with E-state index >= 15 is 0 Å². The second-order valence-electron chi connectivity index (χ2n) is 8.87. The number of rotatable bonds is 9. The first-order chi connectivity index (χ1) is 17.5. The number of hydrogen-bond donors (Lipinski definition) is 2. The maximum absolute atomic E-state index is 13.9. The fourth-order valence-corrected chi connectivity index (χ4v) is 5.03. The molecular weight excluding hydrogens is 471 g/mol. The highest BCUT2D eigenvalue weighted by atomic mass is 32.1. The fraction of sp³-hybridized carbons (Fsp3) is 0.172. The summed E-state index contributed by atoms with van der Waals surface area (Å²) in [7, 11) is 0. The highest BCUT2D eigenvalue weighted by molar-refractivity contribution is 7.09. The molecule has 0 atom stereocenters. The molecule has 0 fully saturated rings. The van der Waals surface area contributed by atoms with Crippen molar-refractivity contribution in [3.05, 3.63) is 118 Å². The third-order valence-electron chi connectivity index (χ3n) is 6.16. The first-order valence-electron chi connectivity index (χ1n) is 11.9. The molecule has 0 saturated carbocycles. The first kappa shape index (κ1) is 23.9. The number of halogens is 1. The number of nitrogens with zero attached hydrogens (tertiary/aromatic N) is 2. The van der Waals surface area contributed by atoms with E-state index in [4.69, 9.17) is 0 Å². The van der Waals surface area contributed by atoms with Gasteiger partial charge < -0.3 is 10.3 Å². The SMILES string of the molecule is Cc1ccc(CN(CCc2c[nH]c3ccccc23)Cc2nc(C(=O)Nc3ccccc3F)cs2)cc1. The Morgan fingerprint density at radius 2 is 1.81 bits per heavy atom. The molecule has 0 aliphatic carbocycles. The zero-order chi connectivity index (χ0) is 24.9. The summed E-state index contributed by atoms with van der Waals surface area (Å²) in [4.78, 5) is 22.9. The summed E-state index contributed by atoms with van der Waals surface area (Å²) in [5.74, 6) is -0.880. The highest BCUT2D eigenvalue weighted by Gasteiger charge is 2.16. The van der Waals surface area contributed by atoms with Crippen LogP contribution in [-0.4, -0.2) is 27.3 Å². The molecule has 0 aliphatic heterocycles. The van der Waals surface area contributed by atoms with Crippen LogP contribution in [-0.2, 0) is 19.5 Å². The molecule has 1 amide bonds. The quantitative estimate of drug-likeness (QED) is 0.242. The van der Waals surface area contributed by atoms with Gasteiger partial charge in [0.05, 0.1) is 12.2 Å². The van der Waals surface area contributed by atoms with E-state index in [-0.39, 0.29) is 5.69 Å². The molecule has 0 radical (unpaired) electrons. The second-order valence-corrected chi connectivity index (χ2v) is 9.81. The van der Waals surface area contributed by atoms with Crippen LogP contribution < -0.4 is 5.32 Å². The monoisotopic (exact) mass is 498 g/mol. The zero-order valence-electron chi connectivity index (χ0n) is 20.0. The van der Waals surface area contributed by atoms with Gasteiger partial charge in [0.15, 0.2) is 0 Å². The Morgan fingerprint density at radius 3 is 2.64 bits per heavy atom. The van der Waals surface area contributed by atoms with Gasteiger partial charge in [-0.3, -0.25) is 9.69 Å². The van der Waals surface area contributed by atoms with E-state index in [9.17, 15) is 9.18 Å². The van der Waals surface area contributed by atoms with Gasteiger partial charge in [0.25, 0.3) is 5.91 Å². The van der Waals surface area contributed by atoms with Gasteiger partial charge >= 0.3 is 0 Å². The largest absolute Gasteiger partial charge is 0.361 e. The Hall–Kier alpha value is -3.81. The predicted molar refractivity (Wildman–Crippen MR) is 144 cm³/mol. The van der Waals surface area contributed by atoms with Gasteiger partial charge in [0.2, 0.25) is 0 Å². The van der Waals surface area contributed by atoms with E-state index in [1.54, 1.807) is 17.5 Å². The van der Waals surface area contributed by atoms with E-state index in [1.807, 2.05) is 6.07 Å². The molecule has 5 rings (SSSR count). The van der Waals surface area contributed by atoms with Crippen molar-refractivity contribution in [2.45, 2.75) is 26.4 Å². The second kappa shape index (κ2) is 10.8. The Labute approximate surface area is 213 Å². The number of carbonyl (C=O) groups is 1. The number of nitrogens with one attached hydrogen (secondary N) is 2. The molecule has 36 heavy (non-hydrogen) atoms. The molecule has 2 aromatic heterocycles. The Kier molecular flexibility index (Phi) is 7.21. The van der Waals surface area contributed by atoms with Gasteiger partial charge in [-0.2, -0.15) is 0 Å². The number of aromatic nitrogens is 2. The minimum Gasteiger partial charge on any atom is -0.361 e. The Balaban J connectivity index is 1.30. The number of anilines is 1. The number of para-hydroxylation sites is 2. The van der Waals surface area contributed by atoms with Crippen LogP contribution >= 0.6 is 11.3 Å². The lowest BCUT2D eigenvalue weighted by molar-refractivity contribution is 0.102. The lowest BCUT2D eigenvalue weighted by Crippen LogP contribution is -2.25. The number of aromatic amines is 1. The smallest absolute Gasteiger partial charge is 0.275 e. The zero-order valence-corrected chi connectivity index (χ0v) is 20.8. The molecule has 5 nitrogen and oxygen atoms in total. The van der Waals surface area contributed by atoms with Gasteiger partial charge in [-0.15, -0.1) is 11.3 Å². The van der Waals surface area contributed by atoms with Crippen molar-refractivity contribution in [1.82, 2.24) is 14.9 Å². The summed E-state index contributed by atoms with van der Waals surface area (Å²) in [6.07, 6.45) is 2.98. The van der Waals surface area contributed by atoms with Crippen molar-refractivity contribution in [2.24, 2.45) is 0 Å². The molecule has 3 aromatic carbocycles. The normalized spacial score (nSPS) is 11.3. The van der Waals surface area contributed by atoms with Crippen LogP contribution in [0.3, 0.4) is 0 Å². The summed E-state index contributed by atoms with van der Waals surface area (Å²) >= 11 is 1.45. The van der Waals surface area contributed by atoms with Gasteiger partial charge in [-0.25, -0.2) is 9.37 Å². The van der Waals surface area contributed by atoms with Crippen molar-refractivity contribution in [3.8, 4) is 0 Å². The van der Waals surface area contributed by atoms with E-state index in [0.717, 1.165) is 30.0 Å². The summed E-state index contributed by atoms with van der Waals surface area (Å²) < 4.78 is 13.9. The molecule has 7 heteroatoms. The minimum atomic E-state index is -0.470. The topological polar surface area (TPSA) is 61.0 Å². The third kappa shape index (κ3) is 5.70. The van der Waals surface area contributed by atoms with Crippen LogP contribution in [0.25, 0.3) is 10.9 Å². The van der Waals surface area contributed by atoms with Crippen LogP contribution in [0.1, 0.15) is 32.2 Å². The van der Waals surface area contributed by atoms with Gasteiger partial charge in [-0.05, 0) is 42.7 Å². The molecule has 0 spiro atoms. The van der Waals surface area contributed by atoms with Crippen molar-refractivity contribution < 1.29 is 9.18 Å². The lowest BCUT2D eigenvalue weighted by Gasteiger charge is -2.21. The summed E-state index contributed by atoms with van der Waals surface area (Å²) in [6.45, 7) is 4.32. The molecule has 2 N–H and O–H groups in total. The van der Waals surface area contributed by atoms with Crippen molar-refractivity contribution in [1.29, 1.82) is 0 Å².